The Hall–Kier alpha value is -2.14. The summed E-state index contributed by atoms with van der Waals surface area (Å²) < 4.78 is 5.13. The lowest BCUT2D eigenvalue weighted by Crippen LogP contribution is -2.28. The first kappa shape index (κ1) is 17.2. The molecule has 0 fully saturated rings. The molecule has 0 bridgehead atoms. The van der Waals surface area contributed by atoms with Crippen LogP contribution in [0.2, 0.25) is 0 Å². The highest BCUT2D eigenvalue weighted by Gasteiger charge is 2.18. The van der Waals surface area contributed by atoms with Crippen molar-refractivity contribution in [3.05, 3.63) is 52.9 Å². The van der Waals surface area contributed by atoms with Crippen molar-refractivity contribution >= 4 is 5.91 Å². The van der Waals surface area contributed by atoms with Crippen molar-refractivity contribution in [2.75, 3.05) is 6.54 Å². The van der Waals surface area contributed by atoms with Gasteiger partial charge in [0.2, 0.25) is 5.76 Å². The van der Waals surface area contributed by atoms with E-state index >= 15 is 0 Å². The Bertz CT molecular complexity index is 647. The molecule has 5 heteroatoms. The van der Waals surface area contributed by atoms with Gasteiger partial charge in [0.05, 0.1) is 11.8 Å². The number of hydrogen-bond donors (Lipinski definition) is 2. The smallest absolute Gasteiger partial charge is 0.290 e. The highest BCUT2D eigenvalue weighted by molar-refractivity contribution is 5.91. The molecule has 0 aliphatic heterocycles. The average molecular weight is 316 g/mol. The second kappa shape index (κ2) is 7.92. The van der Waals surface area contributed by atoms with E-state index in [1.165, 1.54) is 0 Å². The van der Waals surface area contributed by atoms with Crippen LogP contribution in [0.25, 0.3) is 0 Å². The van der Waals surface area contributed by atoms with Crippen LogP contribution in [0.3, 0.4) is 0 Å². The number of aromatic nitrogens is 1. The number of aliphatic hydroxyl groups is 1. The molecule has 0 radical (unpaired) electrons. The average Bonchev–Trinajstić information content (AvgIpc) is 3.04. The summed E-state index contributed by atoms with van der Waals surface area (Å²) in [6.07, 6.45) is 1.16. The first-order valence-electron chi connectivity index (χ1n) is 8.05. The van der Waals surface area contributed by atoms with Gasteiger partial charge < -0.3 is 14.9 Å². The zero-order valence-electron chi connectivity index (χ0n) is 13.9. The van der Waals surface area contributed by atoms with Crippen LogP contribution in [0.1, 0.15) is 66.1 Å². The molecule has 0 saturated carbocycles. The monoisotopic (exact) mass is 316 g/mol. The number of nitrogens with one attached hydrogen (secondary N) is 1. The summed E-state index contributed by atoms with van der Waals surface area (Å²) in [4.78, 5) is 12.1. The summed E-state index contributed by atoms with van der Waals surface area (Å²) in [6, 6.07) is 9.25. The largest absolute Gasteiger partial charge is 0.387 e. The Morgan fingerprint density at radius 1 is 1.30 bits per heavy atom. The quantitative estimate of drug-likeness (QED) is 0.821. The maximum atomic E-state index is 12.1. The number of benzene rings is 1. The van der Waals surface area contributed by atoms with Crippen LogP contribution in [-0.4, -0.2) is 22.7 Å². The van der Waals surface area contributed by atoms with E-state index in [1.807, 2.05) is 31.2 Å². The highest BCUT2D eigenvalue weighted by Crippen LogP contribution is 2.22. The van der Waals surface area contributed by atoms with Gasteiger partial charge in [0.25, 0.3) is 5.91 Å². The number of carbonyl (C=O) groups is 1. The lowest BCUT2D eigenvalue weighted by Gasteiger charge is -2.13. The van der Waals surface area contributed by atoms with E-state index in [0.29, 0.717) is 5.92 Å². The topological polar surface area (TPSA) is 75.4 Å². The molecular weight excluding hydrogens is 292 g/mol. The Morgan fingerprint density at radius 2 is 2.00 bits per heavy atom. The number of hydrogen-bond acceptors (Lipinski definition) is 4. The Kier molecular flexibility index (Phi) is 5.93. The van der Waals surface area contributed by atoms with Gasteiger partial charge in [0, 0.05) is 18.5 Å². The Balaban J connectivity index is 1.96. The zero-order valence-corrected chi connectivity index (χ0v) is 13.9. The van der Waals surface area contributed by atoms with Crippen LogP contribution in [-0.2, 0) is 0 Å². The fourth-order valence-electron chi connectivity index (χ4n) is 2.64. The normalized spacial score (nSPS) is 12.4. The van der Waals surface area contributed by atoms with Crippen LogP contribution in [0, 0.1) is 6.92 Å². The number of rotatable bonds is 7. The first-order chi connectivity index (χ1) is 11.1. The predicted octanol–water partition coefficient (Wildman–Crippen LogP) is 3.35. The molecule has 1 aromatic heterocycles. The van der Waals surface area contributed by atoms with Gasteiger partial charge in [-0.1, -0.05) is 43.3 Å². The second-order valence-corrected chi connectivity index (χ2v) is 5.71. The van der Waals surface area contributed by atoms with Crippen LogP contribution in [0.5, 0.6) is 0 Å². The van der Waals surface area contributed by atoms with Crippen molar-refractivity contribution < 1.29 is 14.4 Å². The second-order valence-electron chi connectivity index (χ2n) is 5.71. The molecule has 1 atom stereocenters. The van der Waals surface area contributed by atoms with E-state index in [9.17, 15) is 9.90 Å². The summed E-state index contributed by atoms with van der Waals surface area (Å²) in [5, 5.41) is 16.9. The van der Waals surface area contributed by atoms with E-state index < -0.39 is 6.10 Å². The molecule has 1 unspecified atom stereocenters. The molecule has 5 nitrogen and oxygen atoms in total. The molecular formula is C18H24N2O3. The lowest BCUT2D eigenvalue weighted by atomic mass is 9.99. The standard InChI is InChI=1S/C18H24N2O3/c1-4-13(5-2)15-10-17(23-20-15)18(22)19-11-16(21)14-9-7-6-8-12(14)3/h6-10,13,16,21H,4-5,11H2,1-3H3,(H,19,22). The summed E-state index contributed by atoms with van der Waals surface area (Å²) in [7, 11) is 0. The van der Waals surface area contributed by atoms with Gasteiger partial charge in [-0.2, -0.15) is 0 Å². The molecule has 124 valence electrons. The van der Waals surface area contributed by atoms with E-state index in [2.05, 4.69) is 24.3 Å². The zero-order chi connectivity index (χ0) is 16.8. The third-order valence-electron chi connectivity index (χ3n) is 4.16. The van der Waals surface area contributed by atoms with Crippen molar-refractivity contribution in [1.29, 1.82) is 0 Å². The number of aliphatic hydroxyl groups excluding tert-OH is 1. The molecule has 23 heavy (non-hydrogen) atoms. The molecule has 0 aliphatic rings. The van der Waals surface area contributed by atoms with Crippen molar-refractivity contribution in [2.24, 2.45) is 0 Å². The number of aryl methyl sites for hydroxylation is 1. The molecule has 2 rings (SSSR count). The SMILES string of the molecule is CCC(CC)c1cc(C(=O)NCC(O)c2ccccc2C)on1. The van der Waals surface area contributed by atoms with Gasteiger partial charge in [-0.25, -0.2) is 0 Å². The van der Waals surface area contributed by atoms with Crippen molar-refractivity contribution in [1.82, 2.24) is 10.5 Å². The molecule has 0 aliphatic carbocycles. The van der Waals surface area contributed by atoms with E-state index in [0.717, 1.165) is 29.7 Å². The fourth-order valence-corrected chi connectivity index (χ4v) is 2.64. The van der Waals surface area contributed by atoms with Crippen LogP contribution in [0.15, 0.2) is 34.9 Å². The molecule has 1 heterocycles. The third-order valence-corrected chi connectivity index (χ3v) is 4.16. The molecule has 0 spiro atoms. The van der Waals surface area contributed by atoms with E-state index in [4.69, 9.17) is 4.52 Å². The maximum absolute atomic E-state index is 12.1. The van der Waals surface area contributed by atoms with Crippen LogP contribution in [0.4, 0.5) is 0 Å². The molecule has 2 aromatic rings. The lowest BCUT2D eigenvalue weighted by molar-refractivity contribution is 0.0879. The van der Waals surface area contributed by atoms with E-state index in [-0.39, 0.29) is 18.2 Å². The number of amides is 1. The van der Waals surface area contributed by atoms with Gasteiger partial charge >= 0.3 is 0 Å². The van der Waals surface area contributed by atoms with Gasteiger partial charge in [0.1, 0.15) is 0 Å². The van der Waals surface area contributed by atoms with Crippen molar-refractivity contribution in [2.45, 2.75) is 45.6 Å². The van der Waals surface area contributed by atoms with Crippen LogP contribution >= 0.6 is 0 Å². The molecule has 1 aromatic carbocycles. The van der Waals surface area contributed by atoms with E-state index in [1.54, 1.807) is 6.07 Å². The van der Waals surface area contributed by atoms with Gasteiger partial charge in [-0.05, 0) is 30.9 Å². The Labute approximate surface area is 136 Å². The maximum Gasteiger partial charge on any atom is 0.290 e. The summed E-state index contributed by atoms with van der Waals surface area (Å²) in [5.41, 5.74) is 2.60. The van der Waals surface area contributed by atoms with Crippen molar-refractivity contribution in [3.63, 3.8) is 0 Å². The highest BCUT2D eigenvalue weighted by atomic mass is 16.5. The minimum absolute atomic E-state index is 0.130. The summed E-state index contributed by atoms with van der Waals surface area (Å²) in [5.74, 6) is 0.129. The van der Waals surface area contributed by atoms with Gasteiger partial charge in [0.15, 0.2) is 0 Å². The molecule has 1 amide bonds. The molecule has 2 N–H and O–H groups in total. The minimum Gasteiger partial charge on any atom is -0.387 e. The van der Waals surface area contributed by atoms with Crippen molar-refractivity contribution in [3.8, 4) is 0 Å². The summed E-state index contributed by atoms with van der Waals surface area (Å²) >= 11 is 0. The molecule has 0 saturated heterocycles. The van der Waals surface area contributed by atoms with Crippen LogP contribution < -0.4 is 5.32 Å². The summed E-state index contributed by atoms with van der Waals surface area (Å²) in [6.45, 7) is 6.23. The number of carbonyl (C=O) groups excluding carboxylic acids is 1. The third kappa shape index (κ3) is 4.20. The van der Waals surface area contributed by atoms with Gasteiger partial charge in [-0.15, -0.1) is 0 Å². The number of nitrogens with zero attached hydrogens (tertiary/aromatic N) is 1. The Morgan fingerprint density at radius 3 is 2.65 bits per heavy atom. The predicted molar refractivity (Wildman–Crippen MR) is 88.3 cm³/mol. The first-order valence-corrected chi connectivity index (χ1v) is 8.05. The minimum atomic E-state index is -0.749. The van der Waals surface area contributed by atoms with Gasteiger partial charge in [-0.3, -0.25) is 4.79 Å². The fraction of sp³-hybridized carbons (Fsp3) is 0.444.